The summed E-state index contributed by atoms with van der Waals surface area (Å²) in [6, 6.07) is 8.79. The Morgan fingerprint density at radius 2 is 1.42 bits per heavy atom. The van der Waals surface area contributed by atoms with Crippen molar-refractivity contribution in [1.82, 2.24) is 4.98 Å². The summed E-state index contributed by atoms with van der Waals surface area (Å²) < 4.78 is 32.6. The standard InChI is InChI=1S/C33H50FNO3/c1-3-5-7-9-11-12-13-15-17-27-25-37-33(38-26-27)28-18-21-32(35-24-28)30-20-19-29(23-31(30)34)36-22-16-14-10-8-6-4-2/h18-21,23-24,27,33H,3-17,22,25-26H2,1-2H3/t27-,33-. The molecule has 2 aromatic rings. The Balaban J connectivity index is 1.36. The molecule has 2 heterocycles. The molecule has 1 aromatic carbocycles. The fraction of sp³-hybridized carbons (Fsp3) is 0.667. The third-order valence-corrected chi connectivity index (χ3v) is 7.47. The van der Waals surface area contributed by atoms with E-state index < -0.39 is 6.29 Å². The highest BCUT2D eigenvalue weighted by Crippen LogP contribution is 2.30. The molecular weight excluding hydrogens is 477 g/mol. The van der Waals surface area contributed by atoms with Crippen molar-refractivity contribution in [1.29, 1.82) is 0 Å². The van der Waals surface area contributed by atoms with Gasteiger partial charge in [-0.25, -0.2) is 4.39 Å². The van der Waals surface area contributed by atoms with E-state index in [2.05, 4.69) is 18.8 Å². The Morgan fingerprint density at radius 3 is 2.03 bits per heavy atom. The molecule has 0 N–H and O–H groups in total. The third kappa shape index (κ3) is 11.0. The fourth-order valence-electron chi connectivity index (χ4n) is 5.04. The molecule has 0 amide bonds. The van der Waals surface area contributed by atoms with Crippen LogP contribution in [-0.4, -0.2) is 24.8 Å². The molecular formula is C33H50FNO3. The molecule has 0 unspecified atom stereocenters. The molecule has 0 saturated carbocycles. The first-order chi connectivity index (χ1) is 18.7. The molecule has 1 aliphatic rings. The summed E-state index contributed by atoms with van der Waals surface area (Å²) in [7, 11) is 0. The van der Waals surface area contributed by atoms with Crippen molar-refractivity contribution in [3.63, 3.8) is 0 Å². The highest BCUT2D eigenvalue weighted by Gasteiger charge is 2.23. The van der Waals surface area contributed by atoms with E-state index in [1.165, 1.54) is 83.1 Å². The number of ether oxygens (including phenoxy) is 3. The summed E-state index contributed by atoms with van der Waals surface area (Å²) in [5.41, 5.74) is 1.94. The molecule has 38 heavy (non-hydrogen) atoms. The quantitative estimate of drug-likeness (QED) is 0.170. The molecule has 0 atom stereocenters. The van der Waals surface area contributed by atoms with Gasteiger partial charge < -0.3 is 14.2 Å². The van der Waals surface area contributed by atoms with Crippen LogP contribution in [0.25, 0.3) is 11.3 Å². The number of nitrogens with zero attached hydrogens (tertiary/aromatic N) is 1. The number of unbranched alkanes of at least 4 members (excludes halogenated alkanes) is 12. The van der Waals surface area contributed by atoms with Crippen LogP contribution in [0.4, 0.5) is 4.39 Å². The summed E-state index contributed by atoms with van der Waals surface area (Å²) in [4.78, 5) is 4.50. The molecule has 1 saturated heterocycles. The molecule has 0 aliphatic carbocycles. The van der Waals surface area contributed by atoms with E-state index in [1.807, 2.05) is 18.2 Å². The van der Waals surface area contributed by atoms with Crippen LogP contribution in [0.15, 0.2) is 36.5 Å². The van der Waals surface area contributed by atoms with Gasteiger partial charge in [-0.1, -0.05) is 103 Å². The molecule has 1 aliphatic heterocycles. The van der Waals surface area contributed by atoms with E-state index in [9.17, 15) is 4.39 Å². The average molecular weight is 528 g/mol. The van der Waals surface area contributed by atoms with Gasteiger partial charge in [0, 0.05) is 29.3 Å². The fourth-order valence-corrected chi connectivity index (χ4v) is 5.04. The molecule has 1 aromatic heterocycles. The Hall–Kier alpha value is -1.98. The monoisotopic (exact) mass is 527 g/mol. The van der Waals surface area contributed by atoms with Crippen molar-refractivity contribution in [3.8, 4) is 17.0 Å². The number of pyridine rings is 1. The first-order valence-electron chi connectivity index (χ1n) is 15.3. The number of rotatable bonds is 19. The van der Waals surface area contributed by atoms with Crippen molar-refractivity contribution >= 4 is 0 Å². The van der Waals surface area contributed by atoms with Crippen LogP contribution in [0.2, 0.25) is 0 Å². The van der Waals surface area contributed by atoms with Gasteiger partial charge in [0.15, 0.2) is 6.29 Å². The molecule has 3 rings (SSSR count). The first-order valence-corrected chi connectivity index (χ1v) is 15.3. The van der Waals surface area contributed by atoms with Gasteiger partial charge in [-0.15, -0.1) is 0 Å². The van der Waals surface area contributed by atoms with E-state index in [4.69, 9.17) is 14.2 Å². The maximum absolute atomic E-state index is 14.8. The smallest absolute Gasteiger partial charge is 0.185 e. The summed E-state index contributed by atoms with van der Waals surface area (Å²) in [5.74, 6) is 0.719. The Labute approximate surface area is 230 Å². The maximum Gasteiger partial charge on any atom is 0.185 e. The number of halogens is 1. The summed E-state index contributed by atoms with van der Waals surface area (Å²) in [6.45, 7) is 6.55. The molecule has 0 spiro atoms. The van der Waals surface area contributed by atoms with Crippen LogP contribution in [0, 0.1) is 11.7 Å². The molecule has 0 bridgehead atoms. The van der Waals surface area contributed by atoms with E-state index in [0.717, 1.165) is 38.0 Å². The van der Waals surface area contributed by atoms with Gasteiger partial charge in [0.2, 0.25) is 0 Å². The van der Waals surface area contributed by atoms with Gasteiger partial charge in [0.05, 0.1) is 25.5 Å². The number of benzene rings is 1. The number of aromatic nitrogens is 1. The minimum absolute atomic E-state index is 0.320. The zero-order valence-electron chi connectivity index (χ0n) is 23.9. The first kappa shape index (κ1) is 30.6. The van der Waals surface area contributed by atoms with E-state index in [1.54, 1.807) is 12.3 Å². The van der Waals surface area contributed by atoms with Crippen molar-refractivity contribution in [2.75, 3.05) is 19.8 Å². The van der Waals surface area contributed by atoms with Crippen molar-refractivity contribution in [3.05, 3.63) is 47.9 Å². The summed E-state index contributed by atoms with van der Waals surface area (Å²) >= 11 is 0. The van der Waals surface area contributed by atoms with Crippen LogP contribution in [0.1, 0.15) is 122 Å². The molecule has 212 valence electrons. The normalized spacial score (nSPS) is 17.6. The van der Waals surface area contributed by atoms with Gasteiger partial charge in [-0.3, -0.25) is 4.98 Å². The predicted molar refractivity (Wildman–Crippen MR) is 154 cm³/mol. The lowest BCUT2D eigenvalue weighted by atomic mass is 10.0. The Kier molecular flexibility index (Phi) is 14.7. The topological polar surface area (TPSA) is 40.6 Å². The lowest BCUT2D eigenvalue weighted by Crippen LogP contribution is -2.27. The van der Waals surface area contributed by atoms with Crippen LogP contribution in [0.3, 0.4) is 0 Å². The maximum atomic E-state index is 14.8. The zero-order valence-corrected chi connectivity index (χ0v) is 23.9. The van der Waals surface area contributed by atoms with Gasteiger partial charge in [0.1, 0.15) is 11.6 Å². The van der Waals surface area contributed by atoms with E-state index in [-0.39, 0.29) is 5.82 Å². The highest BCUT2D eigenvalue weighted by molar-refractivity contribution is 5.61. The minimum atomic E-state index is -0.394. The zero-order chi connectivity index (χ0) is 26.8. The van der Waals surface area contributed by atoms with Crippen molar-refractivity contribution in [2.24, 2.45) is 5.92 Å². The Morgan fingerprint density at radius 1 is 0.789 bits per heavy atom. The Bertz CT molecular complexity index is 880. The predicted octanol–water partition coefficient (Wildman–Crippen LogP) is 9.82. The second-order valence-electron chi connectivity index (χ2n) is 10.9. The van der Waals surface area contributed by atoms with E-state index in [0.29, 0.717) is 29.5 Å². The van der Waals surface area contributed by atoms with Crippen LogP contribution < -0.4 is 4.74 Å². The van der Waals surface area contributed by atoms with Crippen LogP contribution >= 0.6 is 0 Å². The van der Waals surface area contributed by atoms with Crippen LogP contribution in [-0.2, 0) is 9.47 Å². The van der Waals surface area contributed by atoms with Gasteiger partial charge >= 0.3 is 0 Å². The van der Waals surface area contributed by atoms with Gasteiger partial charge in [0.25, 0.3) is 0 Å². The summed E-state index contributed by atoms with van der Waals surface area (Å²) in [5, 5.41) is 0. The van der Waals surface area contributed by atoms with E-state index >= 15 is 0 Å². The number of hydrogen-bond donors (Lipinski definition) is 0. The molecule has 4 nitrogen and oxygen atoms in total. The molecule has 5 heteroatoms. The average Bonchev–Trinajstić information content (AvgIpc) is 2.94. The number of hydrogen-bond acceptors (Lipinski definition) is 4. The van der Waals surface area contributed by atoms with Gasteiger partial charge in [-0.05, 0) is 31.0 Å². The van der Waals surface area contributed by atoms with Crippen LogP contribution in [0.5, 0.6) is 5.75 Å². The largest absolute Gasteiger partial charge is 0.493 e. The van der Waals surface area contributed by atoms with Crippen molar-refractivity contribution in [2.45, 2.75) is 116 Å². The third-order valence-electron chi connectivity index (χ3n) is 7.47. The summed E-state index contributed by atoms with van der Waals surface area (Å²) in [6.07, 6.45) is 20.4. The molecule has 1 fully saturated rings. The SMILES string of the molecule is CCCCCCCCCC[C@H]1CO[C@H](c2ccc(-c3ccc(OCCCCCCCC)cc3F)nc2)OC1. The highest BCUT2D eigenvalue weighted by atomic mass is 19.1. The second kappa shape index (κ2) is 18.3. The molecule has 0 radical (unpaired) electrons. The lowest BCUT2D eigenvalue weighted by Gasteiger charge is -2.29. The van der Waals surface area contributed by atoms with Gasteiger partial charge in [-0.2, -0.15) is 0 Å². The minimum Gasteiger partial charge on any atom is -0.493 e. The van der Waals surface area contributed by atoms with Crippen molar-refractivity contribution < 1.29 is 18.6 Å². The lowest BCUT2D eigenvalue weighted by molar-refractivity contribution is -0.206. The second-order valence-corrected chi connectivity index (χ2v) is 10.9.